The predicted octanol–water partition coefficient (Wildman–Crippen LogP) is 0.379. The first-order chi connectivity index (χ1) is 9.74. The van der Waals surface area contributed by atoms with Crippen LogP contribution in [0.3, 0.4) is 0 Å². The summed E-state index contributed by atoms with van der Waals surface area (Å²) in [5, 5.41) is 7.95. The standard InChI is InChI=1S/C14H22N6/c1-12-4-3-5-13-16-14(17-20(12)13)18(2)10-11-19-8-6-15-7-9-19/h3-5,15H,6-11H2,1-2H3. The first-order valence-electron chi connectivity index (χ1n) is 7.20. The summed E-state index contributed by atoms with van der Waals surface area (Å²) in [6.45, 7) is 8.51. The van der Waals surface area contributed by atoms with Crippen LogP contribution in [0.4, 0.5) is 5.95 Å². The van der Waals surface area contributed by atoms with E-state index in [1.807, 2.05) is 29.6 Å². The Morgan fingerprint density at radius 1 is 1.30 bits per heavy atom. The van der Waals surface area contributed by atoms with Crippen LogP contribution < -0.4 is 10.2 Å². The van der Waals surface area contributed by atoms with Crippen molar-refractivity contribution in [1.82, 2.24) is 24.8 Å². The van der Waals surface area contributed by atoms with Gasteiger partial charge >= 0.3 is 0 Å². The van der Waals surface area contributed by atoms with Crippen molar-refractivity contribution in [3.8, 4) is 0 Å². The third kappa shape index (κ3) is 2.76. The van der Waals surface area contributed by atoms with Crippen molar-refractivity contribution in [3.05, 3.63) is 23.9 Å². The first kappa shape index (κ1) is 13.3. The van der Waals surface area contributed by atoms with E-state index >= 15 is 0 Å². The summed E-state index contributed by atoms with van der Waals surface area (Å²) >= 11 is 0. The van der Waals surface area contributed by atoms with Gasteiger partial charge in [-0.2, -0.15) is 4.98 Å². The molecule has 20 heavy (non-hydrogen) atoms. The lowest BCUT2D eigenvalue weighted by Crippen LogP contribution is -2.46. The van der Waals surface area contributed by atoms with Crippen molar-refractivity contribution in [2.75, 3.05) is 51.2 Å². The summed E-state index contributed by atoms with van der Waals surface area (Å²) in [5.41, 5.74) is 2.02. The Morgan fingerprint density at radius 3 is 2.85 bits per heavy atom. The highest BCUT2D eigenvalue weighted by Gasteiger charge is 2.13. The SMILES string of the molecule is Cc1cccc2nc(N(C)CCN3CCNCC3)nn12. The van der Waals surface area contributed by atoms with Gasteiger partial charge in [-0.15, -0.1) is 5.10 Å². The summed E-state index contributed by atoms with van der Waals surface area (Å²) < 4.78 is 1.90. The van der Waals surface area contributed by atoms with E-state index in [1.165, 1.54) is 0 Å². The number of rotatable bonds is 4. The molecule has 2 aromatic rings. The fourth-order valence-electron chi connectivity index (χ4n) is 2.51. The van der Waals surface area contributed by atoms with Crippen LogP contribution >= 0.6 is 0 Å². The minimum atomic E-state index is 0.800. The number of nitrogens with one attached hydrogen (secondary N) is 1. The Morgan fingerprint density at radius 2 is 2.10 bits per heavy atom. The number of fused-ring (bicyclic) bond motifs is 1. The van der Waals surface area contributed by atoms with E-state index in [1.54, 1.807) is 0 Å². The Balaban J connectivity index is 1.65. The van der Waals surface area contributed by atoms with E-state index < -0.39 is 0 Å². The minimum Gasteiger partial charge on any atom is -0.341 e. The second kappa shape index (κ2) is 5.76. The van der Waals surface area contributed by atoms with Gasteiger partial charge in [0.2, 0.25) is 5.95 Å². The van der Waals surface area contributed by atoms with Crippen molar-refractivity contribution < 1.29 is 0 Å². The average molecular weight is 274 g/mol. The number of anilines is 1. The molecule has 1 aliphatic heterocycles. The maximum Gasteiger partial charge on any atom is 0.245 e. The summed E-state index contributed by atoms with van der Waals surface area (Å²) in [4.78, 5) is 9.20. The van der Waals surface area contributed by atoms with Crippen molar-refractivity contribution in [1.29, 1.82) is 0 Å². The predicted molar refractivity (Wildman–Crippen MR) is 80.3 cm³/mol. The zero-order valence-electron chi connectivity index (χ0n) is 12.2. The van der Waals surface area contributed by atoms with Crippen LogP contribution in [0.5, 0.6) is 0 Å². The number of hydrogen-bond donors (Lipinski definition) is 1. The van der Waals surface area contributed by atoms with Crippen molar-refractivity contribution >= 4 is 11.6 Å². The number of hydrogen-bond acceptors (Lipinski definition) is 5. The number of aryl methyl sites for hydroxylation is 1. The fourth-order valence-corrected chi connectivity index (χ4v) is 2.51. The molecule has 3 heterocycles. The molecule has 0 atom stereocenters. The molecule has 1 aliphatic rings. The highest BCUT2D eigenvalue weighted by Crippen LogP contribution is 2.11. The minimum absolute atomic E-state index is 0.800. The van der Waals surface area contributed by atoms with Crippen LogP contribution in [0.25, 0.3) is 5.65 Å². The zero-order valence-corrected chi connectivity index (χ0v) is 12.2. The molecule has 6 nitrogen and oxygen atoms in total. The highest BCUT2D eigenvalue weighted by atomic mass is 15.4. The maximum atomic E-state index is 4.58. The summed E-state index contributed by atoms with van der Waals surface area (Å²) in [7, 11) is 2.06. The van der Waals surface area contributed by atoms with Gasteiger partial charge in [-0.05, 0) is 19.1 Å². The van der Waals surface area contributed by atoms with E-state index in [2.05, 4.69) is 32.2 Å². The maximum absolute atomic E-state index is 4.58. The number of nitrogens with zero attached hydrogens (tertiary/aromatic N) is 5. The topological polar surface area (TPSA) is 48.7 Å². The van der Waals surface area contributed by atoms with Gasteiger partial charge in [0, 0.05) is 52.0 Å². The summed E-state index contributed by atoms with van der Waals surface area (Å²) in [5.74, 6) is 0.800. The van der Waals surface area contributed by atoms with Gasteiger partial charge in [0.25, 0.3) is 0 Å². The fraction of sp³-hybridized carbons (Fsp3) is 0.571. The van der Waals surface area contributed by atoms with Crippen LogP contribution in [-0.2, 0) is 0 Å². The third-order valence-corrected chi connectivity index (χ3v) is 3.84. The van der Waals surface area contributed by atoms with Gasteiger partial charge in [-0.1, -0.05) is 6.07 Å². The molecule has 2 aromatic heterocycles. The molecule has 0 bridgehead atoms. The van der Waals surface area contributed by atoms with E-state index in [-0.39, 0.29) is 0 Å². The van der Waals surface area contributed by atoms with Gasteiger partial charge in [-0.25, -0.2) is 4.52 Å². The second-order valence-electron chi connectivity index (χ2n) is 5.36. The van der Waals surface area contributed by atoms with Crippen LogP contribution in [0, 0.1) is 6.92 Å². The molecule has 0 radical (unpaired) electrons. The normalized spacial score (nSPS) is 16.7. The molecule has 0 spiro atoms. The average Bonchev–Trinajstić information content (AvgIpc) is 2.91. The number of pyridine rings is 1. The molecule has 0 saturated carbocycles. The van der Waals surface area contributed by atoms with E-state index in [0.717, 1.165) is 56.6 Å². The van der Waals surface area contributed by atoms with Crippen molar-refractivity contribution in [3.63, 3.8) is 0 Å². The smallest absolute Gasteiger partial charge is 0.245 e. The lowest BCUT2D eigenvalue weighted by molar-refractivity contribution is 0.246. The van der Waals surface area contributed by atoms with Gasteiger partial charge in [0.05, 0.1) is 0 Å². The molecule has 3 rings (SSSR count). The van der Waals surface area contributed by atoms with E-state index in [4.69, 9.17) is 0 Å². The molecule has 1 saturated heterocycles. The highest BCUT2D eigenvalue weighted by molar-refractivity contribution is 5.45. The molecule has 108 valence electrons. The molecular formula is C14H22N6. The molecule has 1 fully saturated rings. The Hall–Kier alpha value is -1.66. The molecule has 1 N–H and O–H groups in total. The Kier molecular flexibility index (Phi) is 3.84. The van der Waals surface area contributed by atoms with Crippen LogP contribution in [0.15, 0.2) is 18.2 Å². The monoisotopic (exact) mass is 274 g/mol. The van der Waals surface area contributed by atoms with Crippen LogP contribution in [0.2, 0.25) is 0 Å². The van der Waals surface area contributed by atoms with E-state index in [0.29, 0.717) is 0 Å². The molecule has 0 aromatic carbocycles. The van der Waals surface area contributed by atoms with Crippen LogP contribution in [0.1, 0.15) is 5.69 Å². The van der Waals surface area contributed by atoms with Crippen molar-refractivity contribution in [2.24, 2.45) is 0 Å². The van der Waals surface area contributed by atoms with Gasteiger partial charge in [-0.3, -0.25) is 4.90 Å². The lowest BCUT2D eigenvalue weighted by Gasteiger charge is -2.28. The third-order valence-electron chi connectivity index (χ3n) is 3.84. The second-order valence-corrected chi connectivity index (χ2v) is 5.36. The van der Waals surface area contributed by atoms with Gasteiger partial charge < -0.3 is 10.2 Å². The lowest BCUT2D eigenvalue weighted by atomic mass is 10.3. The zero-order chi connectivity index (χ0) is 13.9. The molecule has 6 heteroatoms. The molecule has 0 amide bonds. The number of aromatic nitrogens is 3. The van der Waals surface area contributed by atoms with Crippen LogP contribution in [-0.4, -0.2) is 65.8 Å². The van der Waals surface area contributed by atoms with Gasteiger partial charge in [0.1, 0.15) is 0 Å². The van der Waals surface area contributed by atoms with Crippen molar-refractivity contribution in [2.45, 2.75) is 6.92 Å². The van der Waals surface area contributed by atoms with E-state index in [9.17, 15) is 0 Å². The Labute approximate surface area is 119 Å². The summed E-state index contributed by atoms with van der Waals surface area (Å²) in [6, 6.07) is 6.06. The molecular weight excluding hydrogens is 252 g/mol. The van der Waals surface area contributed by atoms with Gasteiger partial charge in [0.15, 0.2) is 5.65 Å². The molecule has 0 unspecified atom stereocenters. The molecule has 0 aliphatic carbocycles. The quantitative estimate of drug-likeness (QED) is 0.873. The Bertz CT molecular complexity index is 572. The largest absolute Gasteiger partial charge is 0.341 e. The number of likely N-dealkylation sites (N-methyl/N-ethyl adjacent to an activating group) is 1. The first-order valence-corrected chi connectivity index (χ1v) is 7.20. The summed E-state index contributed by atoms with van der Waals surface area (Å²) in [6.07, 6.45) is 0. The number of piperazine rings is 1.